The zero-order valence-electron chi connectivity index (χ0n) is 16.3. The number of ether oxygens (including phenoxy) is 1. The van der Waals surface area contributed by atoms with Crippen LogP contribution in [0, 0.1) is 0 Å². The zero-order chi connectivity index (χ0) is 17.2. The van der Waals surface area contributed by atoms with Gasteiger partial charge in [0.25, 0.3) is 0 Å². The molecule has 0 amide bonds. The van der Waals surface area contributed by atoms with Crippen molar-refractivity contribution < 1.29 is 14.3 Å². The summed E-state index contributed by atoms with van der Waals surface area (Å²) in [4.78, 5) is 20.0. The molecule has 0 radical (unpaired) electrons. The van der Waals surface area contributed by atoms with Gasteiger partial charge < -0.3 is 17.0 Å². The molecule has 1 aliphatic heterocycles. The van der Waals surface area contributed by atoms with Crippen LogP contribution in [0.5, 0.6) is 0 Å². The molecule has 0 unspecified atom stereocenters. The maximum atomic E-state index is 10.0. The minimum absolute atomic E-state index is 0. The van der Waals surface area contributed by atoms with E-state index in [2.05, 4.69) is 24.3 Å². The Morgan fingerprint density at radius 3 is 1.64 bits per heavy atom. The molecule has 0 spiro atoms. The molecule has 0 saturated carbocycles. The second kappa shape index (κ2) is 22.5. The normalized spacial score (nSPS) is 12.7. The number of carbonyl (C=O) groups excluding carboxylic acids is 2. The molecule has 6 N–H and O–H groups in total. The molecule has 1 aliphatic rings. The summed E-state index contributed by atoms with van der Waals surface area (Å²) < 4.78 is 4.08. The highest BCUT2D eigenvalue weighted by Crippen LogP contribution is 2.11. The first-order valence-corrected chi connectivity index (χ1v) is 9.21. The molecule has 0 aliphatic carbocycles. The molecule has 25 heavy (non-hydrogen) atoms. The molecule has 5 nitrogen and oxygen atoms in total. The molecule has 0 aromatic rings. The fourth-order valence-corrected chi connectivity index (χ4v) is 2.38. The van der Waals surface area contributed by atoms with E-state index in [1.807, 2.05) is 12.2 Å². The van der Waals surface area contributed by atoms with E-state index in [1.165, 1.54) is 70.6 Å². The van der Waals surface area contributed by atoms with Gasteiger partial charge in [0, 0.05) is 0 Å². The number of unbranched alkanes of at least 4 members (excludes halogenated alkanes) is 10. The molecular formula is C20H40N2O3. The van der Waals surface area contributed by atoms with Gasteiger partial charge in [0.05, 0.1) is 12.8 Å². The number of allylic oxidation sites excluding steroid dienone is 3. The average Bonchev–Trinajstić information content (AvgIpc) is 2.92. The summed E-state index contributed by atoms with van der Waals surface area (Å²) in [6.45, 7) is 5.94. The summed E-state index contributed by atoms with van der Waals surface area (Å²) in [5.41, 5.74) is 0. The second-order valence-corrected chi connectivity index (χ2v) is 5.98. The van der Waals surface area contributed by atoms with Crippen LogP contribution in [-0.2, 0) is 14.3 Å². The van der Waals surface area contributed by atoms with Crippen LogP contribution in [0.4, 0.5) is 0 Å². The Morgan fingerprint density at radius 2 is 1.28 bits per heavy atom. The number of esters is 2. The first-order chi connectivity index (χ1) is 11.2. The molecule has 5 heteroatoms. The quantitative estimate of drug-likeness (QED) is 0.187. The number of rotatable bonds is 12. The first-order valence-electron chi connectivity index (χ1n) is 9.21. The molecule has 148 valence electrons. The SMILES string of the molecule is C=C/C=C/CCCCCCCCCCCC.N.N.O=C1CCC(=O)O1. The molecule has 1 rings (SSSR count). The molecule has 0 aromatic heterocycles. The van der Waals surface area contributed by atoms with Gasteiger partial charge >= 0.3 is 11.9 Å². The van der Waals surface area contributed by atoms with Crippen LogP contribution in [0.15, 0.2) is 24.8 Å². The third-order valence-electron chi connectivity index (χ3n) is 3.76. The molecule has 1 heterocycles. The number of hydrogen-bond donors (Lipinski definition) is 2. The minimum Gasteiger partial charge on any atom is -0.393 e. The smallest absolute Gasteiger partial charge is 0.314 e. The molecule has 1 saturated heterocycles. The largest absolute Gasteiger partial charge is 0.393 e. The summed E-state index contributed by atoms with van der Waals surface area (Å²) in [7, 11) is 0. The van der Waals surface area contributed by atoms with Gasteiger partial charge in [-0.2, -0.15) is 0 Å². The number of carbonyl (C=O) groups is 2. The molecule has 1 fully saturated rings. The molecule has 0 aromatic carbocycles. The highest BCUT2D eigenvalue weighted by atomic mass is 16.6. The van der Waals surface area contributed by atoms with E-state index >= 15 is 0 Å². The van der Waals surface area contributed by atoms with Crippen molar-refractivity contribution in [2.75, 3.05) is 0 Å². The van der Waals surface area contributed by atoms with Crippen LogP contribution in [0.3, 0.4) is 0 Å². The van der Waals surface area contributed by atoms with E-state index in [0.29, 0.717) is 0 Å². The Balaban J connectivity index is -0.000000452. The van der Waals surface area contributed by atoms with E-state index in [0.717, 1.165) is 0 Å². The summed E-state index contributed by atoms with van der Waals surface area (Å²) in [6, 6.07) is 0. The van der Waals surface area contributed by atoms with Crippen molar-refractivity contribution in [2.45, 2.75) is 90.4 Å². The maximum absolute atomic E-state index is 10.0. The molecular weight excluding hydrogens is 316 g/mol. The lowest BCUT2D eigenvalue weighted by Crippen LogP contribution is -1.94. The third kappa shape index (κ3) is 22.5. The van der Waals surface area contributed by atoms with Crippen LogP contribution >= 0.6 is 0 Å². The van der Waals surface area contributed by atoms with Gasteiger partial charge in [0.15, 0.2) is 0 Å². The fourth-order valence-electron chi connectivity index (χ4n) is 2.38. The highest BCUT2D eigenvalue weighted by molar-refractivity contribution is 5.92. The average molecular weight is 357 g/mol. The van der Waals surface area contributed by atoms with Gasteiger partial charge in [0.2, 0.25) is 0 Å². The van der Waals surface area contributed by atoms with Crippen molar-refractivity contribution in [3.63, 3.8) is 0 Å². The van der Waals surface area contributed by atoms with Gasteiger partial charge in [0.1, 0.15) is 0 Å². The van der Waals surface area contributed by atoms with E-state index in [-0.39, 0.29) is 25.1 Å². The second-order valence-electron chi connectivity index (χ2n) is 5.98. The van der Waals surface area contributed by atoms with Crippen molar-refractivity contribution in [1.82, 2.24) is 12.3 Å². The van der Waals surface area contributed by atoms with Crippen LogP contribution < -0.4 is 12.3 Å². The molecule has 0 atom stereocenters. The van der Waals surface area contributed by atoms with E-state index in [1.54, 1.807) is 0 Å². The van der Waals surface area contributed by atoms with Crippen molar-refractivity contribution in [1.29, 1.82) is 0 Å². The summed E-state index contributed by atoms with van der Waals surface area (Å²) >= 11 is 0. The van der Waals surface area contributed by atoms with Crippen molar-refractivity contribution in [3.8, 4) is 0 Å². The lowest BCUT2D eigenvalue weighted by atomic mass is 10.1. The predicted octanol–water partition coefficient (Wildman–Crippen LogP) is 6.21. The van der Waals surface area contributed by atoms with E-state index in [4.69, 9.17) is 0 Å². The van der Waals surface area contributed by atoms with E-state index < -0.39 is 11.9 Å². The van der Waals surface area contributed by atoms with Crippen molar-refractivity contribution >= 4 is 11.9 Å². The highest BCUT2D eigenvalue weighted by Gasteiger charge is 2.19. The zero-order valence-corrected chi connectivity index (χ0v) is 16.3. The molecule has 0 bridgehead atoms. The van der Waals surface area contributed by atoms with Gasteiger partial charge in [-0.25, -0.2) is 0 Å². The summed E-state index contributed by atoms with van der Waals surface area (Å²) in [5, 5.41) is 0. The fraction of sp³-hybridized carbons (Fsp3) is 0.700. The number of cyclic esters (lactones) is 2. The topological polar surface area (TPSA) is 113 Å². The lowest BCUT2D eigenvalue weighted by molar-refractivity contribution is -0.151. The van der Waals surface area contributed by atoms with Gasteiger partial charge in [-0.3, -0.25) is 9.59 Å². The van der Waals surface area contributed by atoms with E-state index in [9.17, 15) is 9.59 Å². The van der Waals surface area contributed by atoms with Crippen LogP contribution in [0.25, 0.3) is 0 Å². The standard InChI is InChI=1S/C16H30.C4H4O3.2H3N/c1-3-5-7-9-11-13-15-16-14-12-10-8-6-4-2;5-3-1-2-4(6)7-3;;/h3,5,7H,1,4,6,8-16H2,2H3;1-2H2;2*1H3/b7-5+;;;. The summed E-state index contributed by atoms with van der Waals surface area (Å²) in [5.74, 6) is -0.796. The Morgan fingerprint density at radius 1 is 0.840 bits per heavy atom. The van der Waals surface area contributed by atoms with Crippen LogP contribution in [0.2, 0.25) is 0 Å². The summed E-state index contributed by atoms with van der Waals surface area (Å²) in [6.07, 6.45) is 22.1. The van der Waals surface area contributed by atoms with Crippen molar-refractivity contribution in [2.24, 2.45) is 0 Å². The van der Waals surface area contributed by atoms with Crippen LogP contribution in [-0.4, -0.2) is 11.9 Å². The van der Waals surface area contributed by atoms with Gasteiger partial charge in [-0.05, 0) is 12.8 Å². The minimum atomic E-state index is -0.398. The lowest BCUT2D eigenvalue weighted by Gasteiger charge is -2.01. The Labute approximate surface area is 154 Å². The Kier molecular flexibility index (Phi) is 25.6. The first kappa shape index (κ1) is 28.3. The van der Waals surface area contributed by atoms with Gasteiger partial charge in [-0.15, -0.1) is 0 Å². The predicted molar refractivity (Wildman–Crippen MR) is 106 cm³/mol. The monoisotopic (exact) mass is 356 g/mol. The van der Waals surface area contributed by atoms with Crippen LogP contribution in [0.1, 0.15) is 90.4 Å². The number of hydrogen-bond acceptors (Lipinski definition) is 5. The maximum Gasteiger partial charge on any atom is 0.314 e. The van der Waals surface area contributed by atoms with Crippen molar-refractivity contribution in [3.05, 3.63) is 24.8 Å². The van der Waals surface area contributed by atoms with Gasteiger partial charge in [-0.1, -0.05) is 89.5 Å². The Hall–Kier alpha value is -1.46. The third-order valence-corrected chi connectivity index (χ3v) is 3.76. The Bertz CT molecular complexity index is 341.